The molecule has 16 nitrogen and oxygen atoms in total. The monoisotopic (exact) mass is 1390 g/mol. The van der Waals surface area contributed by atoms with Crippen molar-refractivity contribution in [3.63, 3.8) is 0 Å². The predicted molar refractivity (Wildman–Crippen MR) is 415 cm³/mol. The predicted octanol–water partition coefficient (Wildman–Crippen LogP) is 13.8. The van der Waals surface area contributed by atoms with Gasteiger partial charge in [-0.3, -0.25) is 34.0 Å². The zero-order chi connectivity index (χ0) is 74.6. The van der Waals surface area contributed by atoms with Crippen molar-refractivity contribution in [3.8, 4) is 0 Å². The number of amides is 3. The molecule has 1 atom stereocenters. The van der Waals surface area contributed by atoms with Crippen molar-refractivity contribution in [2.45, 2.75) is 247 Å². The Morgan fingerprint density at radius 1 is 0.561 bits per heavy atom. The molecule has 0 bridgehead atoms. The van der Waals surface area contributed by atoms with Crippen molar-refractivity contribution < 1.29 is 33.0 Å². The van der Waals surface area contributed by atoms with Gasteiger partial charge in [-0.25, -0.2) is 4.39 Å². The van der Waals surface area contributed by atoms with Crippen LogP contribution in [0.2, 0.25) is 0 Å². The molecule has 8 aliphatic heterocycles. The van der Waals surface area contributed by atoms with Crippen LogP contribution in [-0.4, -0.2) is 266 Å². The number of nitrogens with one attached hydrogen (secondary N) is 2. The fourth-order valence-electron chi connectivity index (χ4n) is 14.9. The summed E-state index contributed by atoms with van der Waals surface area (Å²) in [4.78, 5) is 50.8. The molecule has 8 fully saturated rings. The number of morpholine rings is 1. The van der Waals surface area contributed by atoms with Crippen molar-refractivity contribution in [2.75, 3.05) is 192 Å². The third-order valence-corrected chi connectivity index (χ3v) is 19.9. The quantitative estimate of drug-likeness (QED) is 0.0952. The number of piperidine rings is 1. The van der Waals surface area contributed by atoms with Gasteiger partial charge in [-0.1, -0.05) is 144 Å². The minimum absolute atomic E-state index is 0.161. The zero-order valence-corrected chi connectivity index (χ0v) is 69.6. The van der Waals surface area contributed by atoms with E-state index in [9.17, 15) is 18.8 Å². The molecule has 8 aliphatic rings. The van der Waals surface area contributed by atoms with Gasteiger partial charge in [-0.2, -0.15) is 0 Å². The molecule has 582 valence electrons. The van der Waals surface area contributed by atoms with Gasteiger partial charge in [0.15, 0.2) is 0 Å². The summed E-state index contributed by atoms with van der Waals surface area (Å²) in [6, 6.07) is 0. The van der Waals surface area contributed by atoms with Gasteiger partial charge in [-0.15, -0.1) is 0 Å². The number of carbonyl (C=O) groups is 3. The Morgan fingerprint density at radius 3 is 1.42 bits per heavy atom. The number of halogens is 1. The highest BCUT2D eigenvalue weighted by Crippen LogP contribution is 2.37. The van der Waals surface area contributed by atoms with Gasteiger partial charge >= 0.3 is 0 Å². The number of rotatable bonds is 24. The average Bonchev–Trinajstić information content (AvgIpc) is 0.816. The van der Waals surface area contributed by atoms with Gasteiger partial charge in [0.1, 0.15) is 5.67 Å². The summed E-state index contributed by atoms with van der Waals surface area (Å²) in [6.07, 6.45) is 14.4. The molecule has 2 N–H and O–H groups in total. The van der Waals surface area contributed by atoms with Crippen LogP contribution in [0.5, 0.6) is 0 Å². The highest BCUT2D eigenvalue weighted by Gasteiger charge is 2.42. The lowest BCUT2D eigenvalue weighted by atomic mass is 9.75. The fraction of sp³-hybridized carbons (Fsp3) is 0.963. The standard InChI is InChI=1S/C12H26N2O.2C11H23NO.C11H23N.C10H19NO.C9H18N2O.C9H17NO.C8H16FN/c1-12(2)4-5-13-6-8-14(9-7-13)10-11-15-3;1-10(2,3)6-9-7-12-11(4,5)8-13-9;1-10(2)7-11(3)8-12(9-11)5-6-13-4;1-10(2)4-5-11-6-8-12(3)9-7-11;1-8(2)5-10(4)6-11(7-10)9(3)12;1-8(2)3-5-11-6-4-10-9(12)7-11;1-7(2)4-9-5-10(6-9)8(3)11;1-7(2)4-8(9)5-10(3)6-8/h12H,4-11H2,1-3H3;9,12H,6-8H2,1-5H3;10H,5-9H2,1-4H3;10-11H,4-9H2,1-3H3;8H,5-7H2,1-4H3;8H,3-7H2,1-2H3,(H,10,12);7,9H,4-6H2,1-3H3;7H,4-6H2,1-3H3. The van der Waals surface area contributed by atoms with Crippen LogP contribution in [0.15, 0.2) is 0 Å². The van der Waals surface area contributed by atoms with Crippen LogP contribution >= 0.6 is 0 Å². The highest BCUT2D eigenvalue weighted by atomic mass is 19.1. The van der Waals surface area contributed by atoms with Gasteiger partial charge in [0, 0.05) is 150 Å². The minimum atomic E-state index is -0.858. The molecular formula is C81H165FN10O6. The van der Waals surface area contributed by atoms with Crippen molar-refractivity contribution >= 4 is 17.7 Å². The first-order valence-corrected chi connectivity index (χ1v) is 39.5. The second-order valence-corrected chi connectivity index (χ2v) is 37.1. The van der Waals surface area contributed by atoms with Crippen LogP contribution in [0.25, 0.3) is 0 Å². The maximum Gasteiger partial charge on any atom is 0.234 e. The van der Waals surface area contributed by atoms with Gasteiger partial charge in [0.2, 0.25) is 17.7 Å². The summed E-state index contributed by atoms with van der Waals surface area (Å²) >= 11 is 0. The SMILES string of the molecule is CC(=O)N1CC(C)(CC(C)C)C1.CC(=O)N1CC(CC(C)C)C1.CC(C)(C)CC1CNC(C)(C)CO1.CC(C)CC1(F)CN(C)C1.CC(C)CCC1CCN(C)CC1.CC(C)CCN1CCNC(=O)C1.COCCN1CC(C)(CC(C)C)C1.COCCN1CCN(CCC(C)C)CC1. The molecule has 3 amide bonds. The number of hydrogen-bond donors (Lipinski definition) is 2. The Kier molecular flexibility index (Phi) is 46.1. The molecule has 0 aliphatic carbocycles. The van der Waals surface area contributed by atoms with E-state index in [1.54, 1.807) is 28.1 Å². The summed E-state index contributed by atoms with van der Waals surface area (Å²) in [6.45, 7) is 76.2. The van der Waals surface area contributed by atoms with Crippen LogP contribution in [0.4, 0.5) is 4.39 Å². The number of nitrogens with zero attached hydrogens (tertiary/aromatic N) is 8. The maximum atomic E-state index is 13.4. The summed E-state index contributed by atoms with van der Waals surface area (Å²) in [5, 5.41) is 6.33. The minimum Gasteiger partial charge on any atom is -0.383 e. The molecule has 1 unspecified atom stereocenters. The second-order valence-electron chi connectivity index (χ2n) is 37.1. The number of ether oxygens (including phenoxy) is 3. The van der Waals surface area contributed by atoms with Crippen molar-refractivity contribution in [3.05, 3.63) is 0 Å². The first kappa shape index (κ1) is 94.0. The average molecular weight is 1390 g/mol. The lowest BCUT2D eigenvalue weighted by Crippen LogP contribution is -2.57. The first-order chi connectivity index (χ1) is 45.5. The van der Waals surface area contributed by atoms with Gasteiger partial charge < -0.3 is 44.4 Å². The Bertz CT molecular complexity index is 2040. The number of methoxy groups -OCH3 is 2. The Morgan fingerprint density at radius 2 is 1.02 bits per heavy atom. The number of carbonyl (C=O) groups excluding carboxylic acids is 3. The third-order valence-electron chi connectivity index (χ3n) is 19.9. The normalized spacial score (nSPS) is 22.1. The van der Waals surface area contributed by atoms with Crippen molar-refractivity contribution in [1.82, 2.24) is 49.8 Å². The molecule has 0 aromatic heterocycles. The fourth-order valence-corrected chi connectivity index (χ4v) is 14.9. The molecule has 0 aromatic rings. The van der Waals surface area contributed by atoms with E-state index >= 15 is 0 Å². The number of alkyl halides is 1. The molecule has 8 rings (SSSR count). The topological polar surface area (TPSA) is 129 Å². The van der Waals surface area contributed by atoms with Gasteiger partial charge in [0.25, 0.3) is 0 Å². The van der Waals surface area contributed by atoms with E-state index in [0.29, 0.717) is 47.9 Å². The van der Waals surface area contributed by atoms with E-state index in [2.05, 4.69) is 188 Å². The Hall–Kier alpha value is -2.06. The third kappa shape index (κ3) is 45.9. The van der Waals surface area contributed by atoms with E-state index in [1.807, 2.05) is 21.7 Å². The smallest absolute Gasteiger partial charge is 0.234 e. The molecule has 0 radical (unpaired) electrons. The van der Waals surface area contributed by atoms with Crippen LogP contribution < -0.4 is 10.6 Å². The van der Waals surface area contributed by atoms with E-state index in [0.717, 1.165) is 145 Å². The van der Waals surface area contributed by atoms with Gasteiger partial charge in [0.05, 0.1) is 32.5 Å². The van der Waals surface area contributed by atoms with E-state index < -0.39 is 5.67 Å². The van der Waals surface area contributed by atoms with E-state index in [1.165, 1.54) is 117 Å². The Labute approximate surface area is 606 Å². The molecule has 17 heteroatoms. The van der Waals surface area contributed by atoms with Crippen LogP contribution in [-0.2, 0) is 28.6 Å². The molecule has 0 aromatic carbocycles. The number of hydrogen-bond acceptors (Lipinski definition) is 13. The first-order valence-electron chi connectivity index (χ1n) is 39.5. The zero-order valence-electron chi connectivity index (χ0n) is 69.6. The van der Waals surface area contributed by atoms with E-state index in [-0.39, 0.29) is 23.3 Å². The lowest BCUT2D eigenvalue weighted by Gasteiger charge is -2.49. The van der Waals surface area contributed by atoms with E-state index in [4.69, 9.17) is 14.2 Å². The van der Waals surface area contributed by atoms with Crippen LogP contribution in [0.3, 0.4) is 0 Å². The van der Waals surface area contributed by atoms with Gasteiger partial charge in [-0.05, 0) is 176 Å². The second kappa shape index (κ2) is 48.1. The summed E-state index contributed by atoms with van der Waals surface area (Å²) in [7, 11) is 7.74. The van der Waals surface area contributed by atoms with Crippen molar-refractivity contribution in [1.29, 1.82) is 0 Å². The molecule has 0 saturated carbocycles. The summed E-state index contributed by atoms with van der Waals surface area (Å²) in [5.74, 6) is 7.70. The summed E-state index contributed by atoms with van der Waals surface area (Å²) in [5.41, 5.74) is 0.660. The van der Waals surface area contributed by atoms with Crippen LogP contribution in [0.1, 0.15) is 230 Å². The number of likely N-dealkylation sites (tertiary alicyclic amines) is 5. The lowest BCUT2D eigenvalue weighted by molar-refractivity contribution is -0.140. The molecule has 98 heavy (non-hydrogen) atoms. The molecule has 0 spiro atoms. The Balaban J connectivity index is 0.000000561. The molecule has 8 heterocycles. The van der Waals surface area contributed by atoms with Crippen molar-refractivity contribution in [2.24, 2.45) is 69.5 Å². The molecule has 8 saturated heterocycles. The van der Waals surface area contributed by atoms with Crippen LogP contribution in [0, 0.1) is 69.5 Å². The maximum absolute atomic E-state index is 13.4. The molecular weight excluding hydrogens is 1230 g/mol. The largest absolute Gasteiger partial charge is 0.383 e. The number of piperazine rings is 2. The summed E-state index contributed by atoms with van der Waals surface area (Å²) < 4.78 is 29.3. The highest BCUT2D eigenvalue weighted by molar-refractivity contribution is 5.78.